The first-order valence-electron chi connectivity index (χ1n) is 8.80. The van der Waals surface area contributed by atoms with Crippen LogP contribution in [0.4, 0.5) is 4.79 Å². The molecular weight excluding hydrogens is 314 g/mol. The molecule has 0 aliphatic carbocycles. The van der Waals surface area contributed by atoms with Crippen molar-refractivity contribution in [3.63, 3.8) is 0 Å². The molecule has 138 valence electrons. The van der Waals surface area contributed by atoms with Gasteiger partial charge in [0.2, 0.25) is 0 Å². The van der Waals surface area contributed by atoms with Crippen molar-refractivity contribution < 1.29 is 14.3 Å². The molecular formula is C21H31NO3. The molecule has 25 heavy (non-hydrogen) atoms. The number of carbonyl (C=O) groups excluding carboxylic acids is 2. The Morgan fingerprint density at radius 2 is 1.52 bits per heavy atom. The van der Waals surface area contributed by atoms with E-state index in [9.17, 15) is 9.59 Å². The maximum atomic E-state index is 12.7. The van der Waals surface area contributed by atoms with Crippen LogP contribution in [-0.4, -0.2) is 35.0 Å². The van der Waals surface area contributed by atoms with Crippen LogP contribution in [0.2, 0.25) is 0 Å². The van der Waals surface area contributed by atoms with E-state index in [2.05, 4.69) is 0 Å². The van der Waals surface area contributed by atoms with Crippen molar-refractivity contribution in [2.75, 3.05) is 0 Å². The topological polar surface area (TPSA) is 46.6 Å². The van der Waals surface area contributed by atoms with Crippen LogP contribution in [0.25, 0.3) is 6.08 Å². The highest BCUT2D eigenvalue weighted by molar-refractivity contribution is 5.92. The summed E-state index contributed by atoms with van der Waals surface area (Å²) in [5.74, 6) is -0.125. The minimum atomic E-state index is -0.910. The van der Waals surface area contributed by atoms with Crippen molar-refractivity contribution in [1.29, 1.82) is 0 Å². The number of hydrogen-bond acceptors (Lipinski definition) is 3. The zero-order valence-corrected chi connectivity index (χ0v) is 16.4. The fourth-order valence-electron chi connectivity index (χ4n) is 2.56. The van der Waals surface area contributed by atoms with Gasteiger partial charge < -0.3 is 9.64 Å². The average molecular weight is 345 g/mol. The molecule has 0 fully saturated rings. The van der Waals surface area contributed by atoms with Crippen molar-refractivity contribution >= 4 is 18.0 Å². The second-order valence-corrected chi connectivity index (χ2v) is 7.78. The minimum Gasteiger partial charge on any atom is -0.434 e. The van der Waals surface area contributed by atoms with Crippen LogP contribution in [0, 0.1) is 5.41 Å². The lowest BCUT2D eigenvalue weighted by molar-refractivity contribution is -0.133. The summed E-state index contributed by atoms with van der Waals surface area (Å²) in [4.78, 5) is 27.0. The number of amides is 1. The van der Waals surface area contributed by atoms with E-state index in [4.69, 9.17) is 4.74 Å². The first-order chi connectivity index (χ1) is 11.5. The van der Waals surface area contributed by atoms with Crippen LogP contribution in [0.3, 0.4) is 0 Å². The second kappa shape index (κ2) is 8.84. The Hall–Kier alpha value is -2.10. The molecule has 1 aromatic carbocycles. The van der Waals surface area contributed by atoms with E-state index in [0.717, 1.165) is 5.56 Å². The summed E-state index contributed by atoms with van der Waals surface area (Å²) in [7, 11) is 0. The fourth-order valence-corrected chi connectivity index (χ4v) is 2.56. The summed E-state index contributed by atoms with van der Waals surface area (Å²) >= 11 is 0. The van der Waals surface area contributed by atoms with E-state index >= 15 is 0 Å². The van der Waals surface area contributed by atoms with Crippen LogP contribution < -0.4 is 0 Å². The lowest BCUT2D eigenvalue weighted by Gasteiger charge is -2.32. The van der Waals surface area contributed by atoms with Crippen molar-refractivity contribution in [3.8, 4) is 0 Å². The second-order valence-electron chi connectivity index (χ2n) is 7.78. The fraction of sp³-hybridized carbons (Fsp3) is 0.524. The summed E-state index contributed by atoms with van der Waals surface area (Å²) in [6.45, 7) is 13.2. The van der Waals surface area contributed by atoms with Crippen LogP contribution in [0.5, 0.6) is 0 Å². The van der Waals surface area contributed by atoms with Gasteiger partial charge in [-0.05, 0) is 39.3 Å². The number of Topliss-reactive ketones (excluding diaryl/α,β-unsaturated/α-hetero) is 1. The lowest BCUT2D eigenvalue weighted by Crippen LogP contribution is -2.45. The van der Waals surface area contributed by atoms with Gasteiger partial charge in [-0.15, -0.1) is 0 Å². The normalized spacial score (nSPS) is 13.3. The molecule has 0 N–H and O–H groups in total. The monoisotopic (exact) mass is 345 g/mol. The van der Waals surface area contributed by atoms with Gasteiger partial charge >= 0.3 is 6.09 Å². The SMILES string of the molecule is CC(C)N(C(=O)O[C@@H](/C=C/c1ccccc1)C(=O)C(C)(C)C)C(C)C. The first-order valence-corrected chi connectivity index (χ1v) is 8.80. The van der Waals surface area contributed by atoms with Crippen LogP contribution in [-0.2, 0) is 9.53 Å². The third-order valence-electron chi connectivity index (χ3n) is 3.81. The molecule has 4 heteroatoms. The number of rotatable bonds is 6. The van der Waals surface area contributed by atoms with Gasteiger partial charge in [-0.2, -0.15) is 0 Å². The molecule has 0 heterocycles. The third kappa shape index (κ3) is 6.37. The van der Waals surface area contributed by atoms with Gasteiger partial charge in [-0.1, -0.05) is 57.2 Å². The summed E-state index contributed by atoms with van der Waals surface area (Å²) in [5, 5.41) is 0. The Balaban J connectivity index is 3.05. The van der Waals surface area contributed by atoms with E-state index in [-0.39, 0.29) is 17.9 Å². The van der Waals surface area contributed by atoms with Gasteiger partial charge in [-0.25, -0.2) is 4.79 Å². The largest absolute Gasteiger partial charge is 0.434 e. The van der Waals surface area contributed by atoms with Gasteiger partial charge in [0.25, 0.3) is 0 Å². The number of ether oxygens (including phenoxy) is 1. The van der Waals surface area contributed by atoms with Crippen LogP contribution in [0.15, 0.2) is 36.4 Å². The third-order valence-corrected chi connectivity index (χ3v) is 3.81. The highest BCUT2D eigenvalue weighted by Gasteiger charge is 2.33. The maximum absolute atomic E-state index is 12.7. The van der Waals surface area contributed by atoms with Gasteiger partial charge in [0.15, 0.2) is 11.9 Å². The predicted molar refractivity (Wildman–Crippen MR) is 102 cm³/mol. The van der Waals surface area contributed by atoms with Crippen molar-refractivity contribution in [2.45, 2.75) is 66.7 Å². The number of hydrogen-bond donors (Lipinski definition) is 0. The molecule has 0 unspecified atom stereocenters. The molecule has 1 rings (SSSR count). The number of carbonyl (C=O) groups is 2. The molecule has 1 aromatic rings. The predicted octanol–water partition coefficient (Wildman–Crippen LogP) is 4.94. The van der Waals surface area contributed by atoms with E-state index in [1.54, 1.807) is 11.0 Å². The number of nitrogens with zero attached hydrogens (tertiary/aromatic N) is 1. The van der Waals surface area contributed by atoms with Gasteiger partial charge in [-0.3, -0.25) is 4.79 Å². The molecule has 1 atom stereocenters. The Morgan fingerprint density at radius 3 is 1.96 bits per heavy atom. The lowest BCUT2D eigenvalue weighted by atomic mass is 9.87. The van der Waals surface area contributed by atoms with Crippen molar-refractivity contribution in [3.05, 3.63) is 42.0 Å². The average Bonchev–Trinajstić information content (AvgIpc) is 2.50. The Morgan fingerprint density at radius 1 is 1.00 bits per heavy atom. The Bertz CT molecular complexity index is 589. The van der Waals surface area contributed by atoms with E-state index in [1.165, 1.54) is 0 Å². The first kappa shape index (κ1) is 20.9. The van der Waals surface area contributed by atoms with Crippen LogP contribution >= 0.6 is 0 Å². The molecule has 0 saturated heterocycles. The van der Waals surface area contributed by atoms with Crippen molar-refractivity contribution in [2.24, 2.45) is 5.41 Å². The van der Waals surface area contributed by atoms with Gasteiger partial charge in [0.05, 0.1) is 0 Å². The zero-order chi connectivity index (χ0) is 19.2. The Kier molecular flexibility index (Phi) is 7.40. The number of benzene rings is 1. The molecule has 0 saturated carbocycles. The zero-order valence-electron chi connectivity index (χ0n) is 16.4. The molecule has 0 bridgehead atoms. The summed E-state index contributed by atoms with van der Waals surface area (Å²) in [6.07, 6.45) is 2.11. The van der Waals surface area contributed by atoms with Gasteiger partial charge in [0, 0.05) is 17.5 Å². The molecule has 0 radical (unpaired) electrons. The molecule has 0 aliphatic rings. The molecule has 0 aliphatic heterocycles. The van der Waals surface area contributed by atoms with E-state index in [1.807, 2.05) is 84.9 Å². The van der Waals surface area contributed by atoms with E-state index < -0.39 is 17.6 Å². The highest BCUT2D eigenvalue weighted by atomic mass is 16.6. The minimum absolute atomic E-state index is 0.00371. The molecule has 0 aromatic heterocycles. The number of ketones is 1. The molecule has 1 amide bonds. The molecule has 4 nitrogen and oxygen atoms in total. The van der Waals surface area contributed by atoms with Gasteiger partial charge in [0.1, 0.15) is 0 Å². The van der Waals surface area contributed by atoms with E-state index in [0.29, 0.717) is 0 Å². The standard InChI is InChI=1S/C21H31NO3/c1-15(2)22(16(3)4)20(24)25-18(19(23)21(5,6)7)14-13-17-11-9-8-10-12-17/h8-16,18H,1-7H3/b14-13+/t18-/m0/s1. The van der Waals surface area contributed by atoms with Crippen molar-refractivity contribution in [1.82, 2.24) is 4.90 Å². The highest BCUT2D eigenvalue weighted by Crippen LogP contribution is 2.21. The summed E-state index contributed by atoms with van der Waals surface area (Å²) < 4.78 is 5.60. The smallest absolute Gasteiger partial charge is 0.411 e. The Labute approximate surface area is 151 Å². The maximum Gasteiger partial charge on any atom is 0.411 e. The van der Waals surface area contributed by atoms with Crippen LogP contribution in [0.1, 0.15) is 54.0 Å². The molecule has 0 spiro atoms. The summed E-state index contributed by atoms with van der Waals surface area (Å²) in [5.41, 5.74) is 0.349. The summed E-state index contributed by atoms with van der Waals surface area (Å²) in [6, 6.07) is 9.64. The quantitative estimate of drug-likeness (QED) is 0.733.